The Kier molecular flexibility index (Phi) is 2.93. The van der Waals surface area contributed by atoms with Crippen molar-refractivity contribution in [1.29, 1.82) is 0 Å². The number of imidazole rings is 1. The minimum absolute atomic E-state index is 0.251. The summed E-state index contributed by atoms with van der Waals surface area (Å²) < 4.78 is 15.1. The summed E-state index contributed by atoms with van der Waals surface area (Å²) in [6, 6.07) is 16.3. The van der Waals surface area contributed by atoms with Gasteiger partial charge in [-0.25, -0.2) is 14.4 Å². The number of halogens is 1. The van der Waals surface area contributed by atoms with Crippen molar-refractivity contribution in [2.75, 3.05) is 0 Å². The third-order valence-electron chi connectivity index (χ3n) is 3.62. The van der Waals surface area contributed by atoms with E-state index in [1.54, 1.807) is 24.7 Å². The molecule has 0 bridgehead atoms. The smallest absolute Gasteiger partial charge is 0.123 e. The first-order chi connectivity index (χ1) is 10.8. The van der Waals surface area contributed by atoms with Crippen LogP contribution < -0.4 is 0 Å². The van der Waals surface area contributed by atoms with Crippen molar-refractivity contribution in [2.24, 2.45) is 0 Å². The van der Waals surface area contributed by atoms with Crippen LogP contribution in [0.15, 0.2) is 73.3 Å². The molecule has 2 heterocycles. The van der Waals surface area contributed by atoms with Crippen LogP contribution in [0.4, 0.5) is 4.39 Å². The van der Waals surface area contributed by atoms with E-state index in [1.807, 2.05) is 41.1 Å². The molecule has 0 aliphatic heterocycles. The second kappa shape index (κ2) is 5.07. The highest BCUT2D eigenvalue weighted by molar-refractivity contribution is 5.89. The van der Waals surface area contributed by atoms with Crippen molar-refractivity contribution >= 4 is 10.9 Å². The fraction of sp³-hybridized carbons (Fsp3) is 0. The summed E-state index contributed by atoms with van der Waals surface area (Å²) in [6.07, 6.45) is 5.40. The van der Waals surface area contributed by atoms with Crippen LogP contribution in [0.25, 0.3) is 27.8 Å². The van der Waals surface area contributed by atoms with Crippen molar-refractivity contribution < 1.29 is 4.39 Å². The van der Waals surface area contributed by atoms with Crippen LogP contribution in [-0.4, -0.2) is 14.5 Å². The predicted molar refractivity (Wildman–Crippen MR) is 84.3 cm³/mol. The molecule has 4 rings (SSSR count). The minimum Gasteiger partial charge on any atom is -0.306 e. The first-order valence-electron chi connectivity index (χ1n) is 6.95. The zero-order valence-corrected chi connectivity index (χ0v) is 11.6. The molecular weight excluding hydrogens is 277 g/mol. The summed E-state index contributed by atoms with van der Waals surface area (Å²) in [5, 5.41) is 1.05. The predicted octanol–water partition coefficient (Wildman–Crippen LogP) is 4.23. The molecule has 3 nitrogen and oxygen atoms in total. The molecular formula is C18H12FN3. The van der Waals surface area contributed by atoms with Crippen LogP contribution in [0.5, 0.6) is 0 Å². The Labute approximate surface area is 126 Å². The summed E-state index contributed by atoms with van der Waals surface area (Å²) in [7, 11) is 0. The molecule has 0 atom stereocenters. The van der Waals surface area contributed by atoms with Crippen LogP contribution in [0, 0.1) is 5.82 Å². The number of hydrogen-bond donors (Lipinski definition) is 0. The number of pyridine rings is 1. The molecule has 22 heavy (non-hydrogen) atoms. The summed E-state index contributed by atoms with van der Waals surface area (Å²) in [5.41, 5.74) is 3.59. The largest absolute Gasteiger partial charge is 0.306 e. The first kappa shape index (κ1) is 12.7. The summed E-state index contributed by atoms with van der Waals surface area (Å²) in [6.45, 7) is 0. The van der Waals surface area contributed by atoms with Crippen LogP contribution in [0.1, 0.15) is 0 Å². The SMILES string of the molecule is Fc1ccc(-c2cc(-n3ccnc3)c3ccccc3n2)cc1. The number of para-hydroxylation sites is 1. The average molecular weight is 289 g/mol. The Balaban J connectivity index is 1.99. The first-order valence-corrected chi connectivity index (χ1v) is 6.95. The second-order valence-corrected chi connectivity index (χ2v) is 5.02. The Morgan fingerprint density at radius 2 is 1.77 bits per heavy atom. The van der Waals surface area contributed by atoms with Gasteiger partial charge in [0.2, 0.25) is 0 Å². The number of nitrogens with zero attached hydrogens (tertiary/aromatic N) is 3. The summed E-state index contributed by atoms with van der Waals surface area (Å²) in [5.74, 6) is -0.251. The van der Waals surface area contributed by atoms with Crippen LogP contribution >= 0.6 is 0 Å². The molecule has 2 aromatic heterocycles. The third-order valence-corrected chi connectivity index (χ3v) is 3.62. The van der Waals surface area contributed by atoms with E-state index in [4.69, 9.17) is 0 Å². The highest BCUT2D eigenvalue weighted by atomic mass is 19.1. The fourth-order valence-corrected chi connectivity index (χ4v) is 2.54. The monoisotopic (exact) mass is 289 g/mol. The van der Waals surface area contributed by atoms with Gasteiger partial charge in [-0.2, -0.15) is 0 Å². The van der Waals surface area contributed by atoms with E-state index in [-0.39, 0.29) is 5.82 Å². The van der Waals surface area contributed by atoms with Crippen molar-refractivity contribution in [3.8, 4) is 16.9 Å². The molecule has 0 fully saturated rings. The second-order valence-electron chi connectivity index (χ2n) is 5.02. The molecule has 0 amide bonds. The Morgan fingerprint density at radius 3 is 2.55 bits per heavy atom. The zero-order chi connectivity index (χ0) is 14.9. The molecule has 4 aromatic rings. The highest BCUT2D eigenvalue weighted by Gasteiger charge is 2.08. The molecule has 106 valence electrons. The van der Waals surface area contributed by atoms with Gasteiger partial charge in [0.05, 0.1) is 23.2 Å². The lowest BCUT2D eigenvalue weighted by Crippen LogP contribution is -1.95. The van der Waals surface area contributed by atoms with Crippen LogP contribution in [0.3, 0.4) is 0 Å². The molecule has 4 heteroatoms. The van der Waals surface area contributed by atoms with Gasteiger partial charge in [-0.1, -0.05) is 18.2 Å². The maximum Gasteiger partial charge on any atom is 0.123 e. The van der Waals surface area contributed by atoms with Gasteiger partial charge in [0.15, 0.2) is 0 Å². The topological polar surface area (TPSA) is 30.7 Å². The molecule has 0 saturated carbocycles. The number of hydrogen-bond acceptors (Lipinski definition) is 2. The fourth-order valence-electron chi connectivity index (χ4n) is 2.54. The van der Waals surface area contributed by atoms with Gasteiger partial charge in [-0.05, 0) is 36.4 Å². The van der Waals surface area contributed by atoms with Gasteiger partial charge in [0, 0.05) is 23.3 Å². The number of benzene rings is 2. The normalized spacial score (nSPS) is 11.0. The van der Waals surface area contributed by atoms with E-state index in [0.29, 0.717) is 0 Å². The van der Waals surface area contributed by atoms with Gasteiger partial charge in [-0.3, -0.25) is 0 Å². The van der Waals surface area contributed by atoms with Crippen molar-refractivity contribution in [2.45, 2.75) is 0 Å². The van der Waals surface area contributed by atoms with E-state index in [1.165, 1.54) is 12.1 Å². The molecule has 0 aliphatic rings. The molecule has 0 spiro atoms. The van der Waals surface area contributed by atoms with E-state index in [0.717, 1.165) is 27.8 Å². The standard InChI is InChI=1S/C18H12FN3/c19-14-7-5-13(6-8-14)17-11-18(22-10-9-20-12-22)15-3-1-2-4-16(15)21-17/h1-12H. The lowest BCUT2D eigenvalue weighted by molar-refractivity contribution is 0.628. The summed E-state index contributed by atoms with van der Waals surface area (Å²) in [4.78, 5) is 8.80. The average Bonchev–Trinajstić information content (AvgIpc) is 3.09. The van der Waals surface area contributed by atoms with Crippen molar-refractivity contribution in [1.82, 2.24) is 14.5 Å². The van der Waals surface area contributed by atoms with Gasteiger partial charge in [0.1, 0.15) is 5.82 Å². The lowest BCUT2D eigenvalue weighted by atomic mass is 10.1. The van der Waals surface area contributed by atoms with Crippen molar-refractivity contribution in [3.05, 3.63) is 79.1 Å². The van der Waals surface area contributed by atoms with Gasteiger partial charge >= 0.3 is 0 Å². The molecule has 0 radical (unpaired) electrons. The number of rotatable bonds is 2. The molecule has 2 aromatic carbocycles. The molecule has 0 N–H and O–H groups in total. The maximum absolute atomic E-state index is 13.1. The summed E-state index contributed by atoms with van der Waals surface area (Å²) >= 11 is 0. The molecule has 0 saturated heterocycles. The zero-order valence-electron chi connectivity index (χ0n) is 11.6. The van der Waals surface area contributed by atoms with E-state index in [2.05, 4.69) is 9.97 Å². The van der Waals surface area contributed by atoms with Gasteiger partial charge in [-0.15, -0.1) is 0 Å². The van der Waals surface area contributed by atoms with Crippen LogP contribution in [-0.2, 0) is 0 Å². The van der Waals surface area contributed by atoms with Crippen molar-refractivity contribution in [3.63, 3.8) is 0 Å². The highest BCUT2D eigenvalue weighted by Crippen LogP contribution is 2.27. The molecule has 0 aliphatic carbocycles. The Morgan fingerprint density at radius 1 is 0.955 bits per heavy atom. The van der Waals surface area contributed by atoms with E-state index >= 15 is 0 Å². The quantitative estimate of drug-likeness (QED) is 0.553. The number of aromatic nitrogens is 3. The van der Waals surface area contributed by atoms with E-state index < -0.39 is 0 Å². The minimum atomic E-state index is -0.251. The molecule has 0 unspecified atom stereocenters. The Hall–Kier alpha value is -3.01. The van der Waals surface area contributed by atoms with Gasteiger partial charge in [0.25, 0.3) is 0 Å². The van der Waals surface area contributed by atoms with Gasteiger partial charge < -0.3 is 4.57 Å². The lowest BCUT2D eigenvalue weighted by Gasteiger charge is -2.10. The Bertz CT molecular complexity index is 928. The van der Waals surface area contributed by atoms with E-state index in [9.17, 15) is 4.39 Å². The van der Waals surface area contributed by atoms with Crippen LogP contribution in [0.2, 0.25) is 0 Å². The maximum atomic E-state index is 13.1. The third kappa shape index (κ3) is 2.15. The number of fused-ring (bicyclic) bond motifs is 1.